The predicted octanol–water partition coefficient (Wildman–Crippen LogP) is 4.28. The maximum absolute atomic E-state index is 13.3. The fraction of sp³-hybridized carbons (Fsp3) is 0.200. The van der Waals surface area contributed by atoms with E-state index in [9.17, 15) is 8.78 Å². The smallest absolute Gasteiger partial charge is 0.124 e. The van der Waals surface area contributed by atoms with E-state index < -0.39 is 0 Å². The van der Waals surface area contributed by atoms with Crippen molar-refractivity contribution in [2.75, 3.05) is 0 Å². The lowest BCUT2D eigenvalue weighted by molar-refractivity contribution is 0.612. The molecule has 0 aliphatic heterocycles. The van der Waals surface area contributed by atoms with Crippen LogP contribution in [0.1, 0.15) is 22.7 Å². The van der Waals surface area contributed by atoms with Gasteiger partial charge >= 0.3 is 0 Å². The highest BCUT2D eigenvalue weighted by atomic mass is 79.9. The topological polar surface area (TPSA) is 26.0 Å². The van der Waals surface area contributed by atoms with Crippen LogP contribution in [-0.4, -0.2) is 0 Å². The summed E-state index contributed by atoms with van der Waals surface area (Å²) >= 11 is 3.24. The molecule has 2 aromatic rings. The highest BCUT2D eigenvalue weighted by Crippen LogP contribution is 2.23. The van der Waals surface area contributed by atoms with Crippen molar-refractivity contribution in [3.63, 3.8) is 0 Å². The first-order valence-electron chi connectivity index (χ1n) is 5.92. The second kappa shape index (κ2) is 5.80. The van der Waals surface area contributed by atoms with E-state index in [-0.39, 0.29) is 17.7 Å². The van der Waals surface area contributed by atoms with Crippen LogP contribution >= 0.6 is 15.9 Å². The molecule has 0 spiro atoms. The molecule has 0 aromatic heterocycles. The minimum Gasteiger partial charge on any atom is -0.324 e. The molecule has 0 heterocycles. The third-order valence-electron chi connectivity index (χ3n) is 3.02. The minimum absolute atomic E-state index is 0.309. The molecule has 1 atom stereocenters. The van der Waals surface area contributed by atoms with E-state index in [1.54, 1.807) is 6.07 Å². The Morgan fingerprint density at radius 3 is 2.53 bits per heavy atom. The highest BCUT2D eigenvalue weighted by molar-refractivity contribution is 9.10. The number of hydrogen-bond donors (Lipinski definition) is 1. The number of rotatable bonds is 3. The summed E-state index contributed by atoms with van der Waals surface area (Å²) in [6, 6.07) is 8.84. The number of aryl methyl sites for hydroxylation is 1. The van der Waals surface area contributed by atoms with Gasteiger partial charge in [0.2, 0.25) is 0 Å². The quantitative estimate of drug-likeness (QED) is 0.895. The first-order chi connectivity index (χ1) is 8.95. The molecular weight excluding hydrogens is 312 g/mol. The van der Waals surface area contributed by atoms with Gasteiger partial charge in [-0.3, -0.25) is 0 Å². The van der Waals surface area contributed by atoms with Gasteiger partial charge in [-0.05, 0) is 60.4 Å². The average molecular weight is 326 g/mol. The van der Waals surface area contributed by atoms with E-state index in [1.165, 1.54) is 24.3 Å². The summed E-state index contributed by atoms with van der Waals surface area (Å²) < 4.78 is 27.2. The van der Waals surface area contributed by atoms with E-state index in [2.05, 4.69) is 15.9 Å². The van der Waals surface area contributed by atoms with Crippen molar-refractivity contribution in [2.24, 2.45) is 5.73 Å². The van der Waals surface area contributed by atoms with Crippen LogP contribution in [0.2, 0.25) is 0 Å². The van der Waals surface area contributed by atoms with E-state index >= 15 is 0 Å². The molecular formula is C15H14BrF2N. The van der Waals surface area contributed by atoms with Crippen molar-refractivity contribution in [1.29, 1.82) is 0 Å². The van der Waals surface area contributed by atoms with Crippen LogP contribution in [-0.2, 0) is 6.42 Å². The molecule has 0 aliphatic rings. The molecule has 2 rings (SSSR count). The molecule has 4 heteroatoms. The molecule has 2 N–H and O–H groups in total. The molecule has 0 saturated heterocycles. The van der Waals surface area contributed by atoms with Gasteiger partial charge in [-0.15, -0.1) is 0 Å². The zero-order valence-electron chi connectivity index (χ0n) is 10.5. The van der Waals surface area contributed by atoms with Gasteiger partial charge in [0.05, 0.1) is 0 Å². The van der Waals surface area contributed by atoms with Crippen LogP contribution in [0.15, 0.2) is 40.9 Å². The average Bonchev–Trinajstić information content (AvgIpc) is 2.30. The number of benzene rings is 2. The molecule has 2 aromatic carbocycles. The first-order valence-corrected chi connectivity index (χ1v) is 6.71. The van der Waals surface area contributed by atoms with Crippen LogP contribution in [0.25, 0.3) is 0 Å². The number of hydrogen-bond acceptors (Lipinski definition) is 1. The van der Waals surface area contributed by atoms with E-state index in [1.807, 2.05) is 13.0 Å². The number of halogens is 3. The largest absolute Gasteiger partial charge is 0.324 e. The molecule has 1 nitrogen and oxygen atoms in total. The summed E-state index contributed by atoms with van der Waals surface area (Å²) in [5, 5.41) is 0. The molecule has 0 radical (unpaired) electrons. The Balaban J connectivity index is 2.25. The first kappa shape index (κ1) is 14.2. The van der Waals surface area contributed by atoms with Crippen molar-refractivity contribution in [1.82, 2.24) is 0 Å². The monoisotopic (exact) mass is 325 g/mol. The van der Waals surface area contributed by atoms with Crippen molar-refractivity contribution in [3.8, 4) is 0 Å². The van der Waals surface area contributed by atoms with Gasteiger partial charge in [0.1, 0.15) is 11.6 Å². The molecule has 1 unspecified atom stereocenters. The Morgan fingerprint density at radius 1 is 1.11 bits per heavy atom. The maximum Gasteiger partial charge on any atom is 0.124 e. The zero-order valence-corrected chi connectivity index (χ0v) is 12.0. The van der Waals surface area contributed by atoms with Crippen molar-refractivity contribution in [2.45, 2.75) is 19.4 Å². The Labute approximate surface area is 119 Å². The van der Waals surface area contributed by atoms with E-state index in [0.29, 0.717) is 10.9 Å². The molecule has 0 aliphatic carbocycles. The molecule has 0 bridgehead atoms. The second-order valence-corrected chi connectivity index (χ2v) is 5.50. The lowest BCUT2D eigenvalue weighted by atomic mass is 9.96. The lowest BCUT2D eigenvalue weighted by Crippen LogP contribution is -2.15. The maximum atomic E-state index is 13.3. The molecule has 0 fully saturated rings. The molecule has 0 amide bonds. The Hall–Kier alpha value is -1.26. The third-order valence-corrected chi connectivity index (χ3v) is 3.48. The lowest BCUT2D eigenvalue weighted by Gasteiger charge is -2.15. The van der Waals surface area contributed by atoms with Crippen molar-refractivity contribution < 1.29 is 8.78 Å². The van der Waals surface area contributed by atoms with Crippen molar-refractivity contribution >= 4 is 15.9 Å². The zero-order chi connectivity index (χ0) is 14.0. The Bertz CT molecular complexity index is 578. The van der Waals surface area contributed by atoms with Crippen LogP contribution < -0.4 is 5.73 Å². The summed E-state index contributed by atoms with van der Waals surface area (Å²) in [6.45, 7) is 1.89. The SMILES string of the molecule is Cc1ccc(F)cc1C(N)Cc1cc(F)cc(Br)c1. The van der Waals surface area contributed by atoms with Crippen LogP contribution in [0.5, 0.6) is 0 Å². The fourth-order valence-corrected chi connectivity index (χ4v) is 2.62. The minimum atomic E-state index is -0.357. The van der Waals surface area contributed by atoms with Gasteiger partial charge in [-0.25, -0.2) is 8.78 Å². The standard InChI is InChI=1S/C15H14BrF2N/c1-9-2-3-12(17)8-14(9)15(19)6-10-4-11(16)7-13(18)5-10/h2-5,7-8,15H,6,19H2,1H3. The predicted molar refractivity (Wildman–Crippen MR) is 75.9 cm³/mol. The normalized spacial score (nSPS) is 12.5. The van der Waals surface area contributed by atoms with E-state index in [0.717, 1.165) is 16.7 Å². The van der Waals surface area contributed by atoms with Crippen LogP contribution in [0.4, 0.5) is 8.78 Å². The van der Waals surface area contributed by atoms with Gasteiger partial charge < -0.3 is 5.73 Å². The van der Waals surface area contributed by atoms with Gasteiger partial charge in [-0.2, -0.15) is 0 Å². The second-order valence-electron chi connectivity index (χ2n) is 4.59. The third kappa shape index (κ3) is 3.61. The van der Waals surface area contributed by atoms with Gasteiger partial charge in [0, 0.05) is 10.5 Å². The summed E-state index contributed by atoms with van der Waals surface area (Å²) in [4.78, 5) is 0. The van der Waals surface area contributed by atoms with Gasteiger partial charge in [0.25, 0.3) is 0 Å². The molecule has 19 heavy (non-hydrogen) atoms. The number of nitrogens with two attached hydrogens (primary N) is 1. The Kier molecular flexibility index (Phi) is 4.32. The fourth-order valence-electron chi connectivity index (χ4n) is 2.10. The van der Waals surface area contributed by atoms with Crippen LogP contribution in [0, 0.1) is 18.6 Å². The van der Waals surface area contributed by atoms with E-state index in [4.69, 9.17) is 5.73 Å². The van der Waals surface area contributed by atoms with Crippen molar-refractivity contribution in [3.05, 3.63) is 69.2 Å². The summed E-state index contributed by atoms with van der Waals surface area (Å²) in [6.07, 6.45) is 0.459. The Morgan fingerprint density at radius 2 is 1.84 bits per heavy atom. The molecule has 100 valence electrons. The van der Waals surface area contributed by atoms with Gasteiger partial charge in [0.15, 0.2) is 0 Å². The summed E-state index contributed by atoms with van der Waals surface area (Å²) in [5.74, 6) is -0.621. The highest BCUT2D eigenvalue weighted by Gasteiger charge is 2.12. The van der Waals surface area contributed by atoms with Crippen LogP contribution in [0.3, 0.4) is 0 Å². The summed E-state index contributed by atoms with van der Waals surface area (Å²) in [7, 11) is 0. The molecule has 0 saturated carbocycles. The summed E-state index contributed by atoms with van der Waals surface area (Å²) in [5.41, 5.74) is 8.56. The van der Waals surface area contributed by atoms with Gasteiger partial charge in [-0.1, -0.05) is 22.0 Å².